The van der Waals surface area contributed by atoms with Crippen molar-refractivity contribution in [3.63, 3.8) is 0 Å². The molecular weight excluding hydrogens is 258 g/mol. The molecule has 0 fully saturated rings. The van der Waals surface area contributed by atoms with Gasteiger partial charge in [0.05, 0.1) is 19.3 Å². The number of hydrogen-bond donors (Lipinski definition) is 1. The predicted molar refractivity (Wildman–Crippen MR) is 67.8 cm³/mol. The maximum absolute atomic E-state index is 11.8. The van der Waals surface area contributed by atoms with Crippen LogP contribution in [-0.4, -0.2) is 28.1 Å². The van der Waals surface area contributed by atoms with Crippen LogP contribution in [0, 0.1) is 5.92 Å². The molecule has 1 unspecified atom stereocenters. The number of hydrogen-bond acceptors (Lipinski definition) is 6. The largest absolute Gasteiger partial charge is 0.466 e. The summed E-state index contributed by atoms with van der Waals surface area (Å²) in [5.74, 6) is -1.07. The quantitative estimate of drug-likeness (QED) is 0.426. The van der Waals surface area contributed by atoms with E-state index in [1.165, 1.54) is 7.11 Å². The van der Waals surface area contributed by atoms with E-state index in [1.807, 2.05) is 6.92 Å². The Labute approximate surface area is 108 Å². The fourth-order valence-corrected chi connectivity index (χ4v) is 2.32. The SMILES string of the molecule is CCCOS(=O)(=O)C(N)=C(C(=O)OC)C(C)CC. The lowest BCUT2D eigenvalue weighted by atomic mass is 9.99. The van der Waals surface area contributed by atoms with Gasteiger partial charge in [0, 0.05) is 0 Å². The molecule has 0 radical (unpaired) electrons. The second-order valence-corrected chi connectivity index (χ2v) is 5.44. The Bertz CT molecular complexity index is 413. The van der Waals surface area contributed by atoms with Gasteiger partial charge < -0.3 is 10.5 Å². The first-order valence-corrected chi connectivity index (χ1v) is 7.19. The summed E-state index contributed by atoms with van der Waals surface area (Å²) in [6.07, 6.45) is 1.10. The van der Waals surface area contributed by atoms with Crippen molar-refractivity contribution < 1.29 is 22.1 Å². The van der Waals surface area contributed by atoms with Crippen LogP contribution in [0.3, 0.4) is 0 Å². The Morgan fingerprint density at radius 1 is 1.33 bits per heavy atom. The van der Waals surface area contributed by atoms with Gasteiger partial charge in [0.2, 0.25) is 0 Å². The Kier molecular flexibility index (Phi) is 6.93. The number of carbonyl (C=O) groups excluding carboxylic acids is 1. The number of carbonyl (C=O) groups is 1. The van der Waals surface area contributed by atoms with Crippen molar-refractivity contribution in [3.8, 4) is 0 Å². The van der Waals surface area contributed by atoms with Crippen molar-refractivity contribution in [2.45, 2.75) is 33.6 Å². The van der Waals surface area contributed by atoms with E-state index in [-0.39, 0.29) is 18.1 Å². The summed E-state index contributed by atoms with van der Waals surface area (Å²) in [5.41, 5.74) is 5.50. The Morgan fingerprint density at radius 2 is 1.89 bits per heavy atom. The van der Waals surface area contributed by atoms with Crippen LogP contribution in [0.2, 0.25) is 0 Å². The molecule has 0 amide bonds. The molecule has 0 bridgehead atoms. The summed E-state index contributed by atoms with van der Waals surface area (Å²) in [7, 11) is -2.90. The molecule has 0 heterocycles. The summed E-state index contributed by atoms with van der Waals surface area (Å²) >= 11 is 0. The molecule has 0 aliphatic rings. The molecule has 0 saturated heterocycles. The first-order chi connectivity index (χ1) is 8.31. The van der Waals surface area contributed by atoms with Gasteiger partial charge in [-0.15, -0.1) is 0 Å². The van der Waals surface area contributed by atoms with E-state index in [4.69, 9.17) is 9.92 Å². The van der Waals surface area contributed by atoms with Crippen molar-refractivity contribution >= 4 is 16.1 Å². The first-order valence-electron chi connectivity index (χ1n) is 5.79. The predicted octanol–water partition coefficient (Wildman–Crippen LogP) is 1.13. The molecule has 18 heavy (non-hydrogen) atoms. The second kappa shape index (κ2) is 7.38. The lowest BCUT2D eigenvalue weighted by Crippen LogP contribution is -2.25. The van der Waals surface area contributed by atoms with Gasteiger partial charge in [-0.05, 0) is 18.8 Å². The van der Waals surface area contributed by atoms with Gasteiger partial charge in [-0.1, -0.05) is 20.8 Å². The summed E-state index contributed by atoms with van der Waals surface area (Å²) in [6, 6.07) is 0. The summed E-state index contributed by atoms with van der Waals surface area (Å²) in [5, 5.41) is -0.558. The zero-order chi connectivity index (χ0) is 14.3. The van der Waals surface area contributed by atoms with Gasteiger partial charge in [-0.2, -0.15) is 8.42 Å². The highest BCUT2D eigenvalue weighted by Crippen LogP contribution is 2.21. The zero-order valence-corrected chi connectivity index (χ0v) is 12.0. The van der Waals surface area contributed by atoms with Gasteiger partial charge in [-0.3, -0.25) is 4.18 Å². The van der Waals surface area contributed by atoms with Gasteiger partial charge >= 0.3 is 16.1 Å². The minimum absolute atomic E-state index is 0.0258. The average Bonchev–Trinajstić information content (AvgIpc) is 2.35. The van der Waals surface area contributed by atoms with Crippen LogP contribution in [-0.2, 0) is 23.8 Å². The van der Waals surface area contributed by atoms with Crippen LogP contribution in [0.25, 0.3) is 0 Å². The van der Waals surface area contributed by atoms with Gasteiger partial charge in [0.1, 0.15) is 0 Å². The molecule has 0 spiro atoms. The molecule has 106 valence electrons. The molecule has 2 N–H and O–H groups in total. The smallest absolute Gasteiger partial charge is 0.336 e. The van der Waals surface area contributed by atoms with E-state index >= 15 is 0 Å². The molecule has 0 aromatic carbocycles. The number of ether oxygens (including phenoxy) is 1. The fourth-order valence-electron chi connectivity index (χ4n) is 1.25. The molecule has 1 atom stereocenters. The topological polar surface area (TPSA) is 95.7 Å². The molecule has 0 aliphatic carbocycles. The van der Waals surface area contributed by atoms with Crippen LogP contribution >= 0.6 is 0 Å². The third-order valence-corrected chi connectivity index (χ3v) is 3.72. The summed E-state index contributed by atoms with van der Waals surface area (Å²) in [6.45, 7) is 5.32. The third kappa shape index (κ3) is 4.30. The normalized spacial score (nSPS) is 14.9. The van der Waals surface area contributed by atoms with Crippen LogP contribution < -0.4 is 5.73 Å². The standard InChI is InChI=1S/C11H21NO5S/c1-5-7-17-18(14,15)10(12)9(8(3)6-2)11(13)16-4/h8H,5-7,12H2,1-4H3. The van der Waals surface area contributed by atoms with Gasteiger partial charge in [-0.25, -0.2) is 4.79 Å². The molecular formula is C11H21NO5S. The van der Waals surface area contributed by atoms with Crippen molar-refractivity contribution in [2.24, 2.45) is 11.7 Å². The highest BCUT2D eigenvalue weighted by Gasteiger charge is 2.28. The van der Waals surface area contributed by atoms with Crippen LogP contribution in [0.4, 0.5) is 0 Å². The van der Waals surface area contributed by atoms with Crippen molar-refractivity contribution in [2.75, 3.05) is 13.7 Å². The van der Waals surface area contributed by atoms with Crippen LogP contribution in [0.5, 0.6) is 0 Å². The molecule has 0 saturated carbocycles. The number of methoxy groups -OCH3 is 1. The molecule has 0 aliphatic heterocycles. The minimum atomic E-state index is -4.08. The lowest BCUT2D eigenvalue weighted by Gasteiger charge is -2.15. The maximum Gasteiger partial charge on any atom is 0.336 e. The maximum atomic E-state index is 11.8. The van der Waals surface area contributed by atoms with Gasteiger partial charge in [0.25, 0.3) is 0 Å². The number of rotatable bonds is 7. The van der Waals surface area contributed by atoms with E-state index in [0.717, 1.165) is 0 Å². The van der Waals surface area contributed by atoms with Crippen LogP contribution in [0.15, 0.2) is 10.6 Å². The Morgan fingerprint density at radius 3 is 2.28 bits per heavy atom. The van der Waals surface area contributed by atoms with E-state index in [2.05, 4.69) is 4.74 Å². The second-order valence-electron chi connectivity index (χ2n) is 3.85. The molecule has 0 aromatic heterocycles. The Balaban J connectivity index is 5.52. The van der Waals surface area contributed by atoms with Crippen molar-refractivity contribution in [1.29, 1.82) is 0 Å². The number of esters is 1. The fraction of sp³-hybridized carbons (Fsp3) is 0.727. The average molecular weight is 279 g/mol. The van der Waals surface area contributed by atoms with E-state index in [1.54, 1.807) is 13.8 Å². The summed E-state index contributed by atoms with van der Waals surface area (Å²) < 4.78 is 32.8. The third-order valence-electron chi connectivity index (χ3n) is 2.49. The van der Waals surface area contributed by atoms with Crippen molar-refractivity contribution in [3.05, 3.63) is 10.6 Å². The molecule has 6 nitrogen and oxygen atoms in total. The highest BCUT2D eigenvalue weighted by molar-refractivity contribution is 7.90. The molecule has 0 rings (SSSR count). The highest BCUT2D eigenvalue weighted by atomic mass is 32.2. The minimum Gasteiger partial charge on any atom is -0.466 e. The van der Waals surface area contributed by atoms with E-state index < -0.39 is 21.1 Å². The zero-order valence-electron chi connectivity index (χ0n) is 11.2. The summed E-state index contributed by atoms with van der Waals surface area (Å²) in [4.78, 5) is 11.6. The molecule has 0 aromatic rings. The lowest BCUT2D eigenvalue weighted by molar-refractivity contribution is -0.136. The molecule has 7 heteroatoms. The monoisotopic (exact) mass is 279 g/mol. The van der Waals surface area contributed by atoms with Crippen molar-refractivity contribution in [1.82, 2.24) is 0 Å². The van der Waals surface area contributed by atoms with E-state index in [9.17, 15) is 13.2 Å². The first kappa shape index (κ1) is 16.9. The van der Waals surface area contributed by atoms with E-state index in [0.29, 0.717) is 12.8 Å². The number of nitrogens with two attached hydrogens (primary N) is 1. The Hall–Kier alpha value is -1.08. The van der Waals surface area contributed by atoms with Crippen LogP contribution in [0.1, 0.15) is 33.6 Å². The van der Waals surface area contributed by atoms with Gasteiger partial charge in [0.15, 0.2) is 5.03 Å².